The molecule has 0 N–H and O–H groups in total. The molecule has 1 aromatic heterocycles. The predicted molar refractivity (Wildman–Crippen MR) is 149 cm³/mol. The monoisotopic (exact) mass is 535 g/mol. The minimum absolute atomic E-state index is 0.0391. The van der Waals surface area contributed by atoms with Gasteiger partial charge in [0.25, 0.3) is 0 Å². The maximum absolute atomic E-state index is 12.6. The van der Waals surface area contributed by atoms with Crippen LogP contribution in [0.15, 0.2) is 66.9 Å². The number of methoxy groups -OCH3 is 3. The Morgan fingerprint density at radius 3 is 2.30 bits per heavy atom. The summed E-state index contributed by atoms with van der Waals surface area (Å²) in [5, 5.41) is 1.20. The summed E-state index contributed by atoms with van der Waals surface area (Å²) in [4.78, 5) is 17.6. The molecule has 0 aliphatic rings. The van der Waals surface area contributed by atoms with Gasteiger partial charge in [0.05, 0.1) is 31.9 Å². The van der Waals surface area contributed by atoms with Gasteiger partial charge in [-0.3, -0.25) is 9.78 Å². The number of aromatic nitrogens is 1. The van der Waals surface area contributed by atoms with Gasteiger partial charge in [-0.15, -0.1) is 0 Å². The van der Waals surface area contributed by atoms with Crippen LogP contribution in [0.2, 0.25) is 5.02 Å². The van der Waals surface area contributed by atoms with Crippen LogP contribution in [0.4, 0.5) is 0 Å². The molecular weight excluding hydrogens is 510 g/mol. The van der Waals surface area contributed by atoms with E-state index in [9.17, 15) is 4.79 Å². The highest BCUT2D eigenvalue weighted by molar-refractivity contribution is 7.80. The summed E-state index contributed by atoms with van der Waals surface area (Å²) < 4.78 is 22.3. The van der Waals surface area contributed by atoms with Crippen LogP contribution in [0, 0.1) is 0 Å². The van der Waals surface area contributed by atoms with Gasteiger partial charge < -0.3 is 18.9 Å². The van der Waals surface area contributed by atoms with Crippen LogP contribution in [0.1, 0.15) is 17.5 Å². The molecule has 6 nitrogen and oxygen atoms in total. The first kappa shape index (κ1) is 26.4. The van der Waals surface area contributed by atoms with E-state index < -0.39 is 0 Å². The third-order valence-corrected chi connectivity index (χ3v) is 6.38. The molecule has 0 unspecified atom stereocenters. The number of carbonyl (C=O) groups excluding carboxylic acids is 1. The average molecular weight is 536 g/mol. The number of thiocarbonyl (C=S) groups is 1. The summed E-state index contributed by atoms with van der Waals surface area (Å²) in [6, 6.07) is 18.4. The Kier molecular flexibility index (Phi) is 8.58. The molecule has 4 rings (SSSR count). The van der Waals surface area contributed by atoms with Gasteiger partial charge in [-0.2, -0.15) is 0 Å². The van der Waals surface area contributed by atoms with Crippen LogP contribution in [0.3, 0.4) is 0 Å². The fourth-order valence-electron chi connectivity index (χ4n) is 4.03. The molecule has 0 aliphatic heterocycles. The van der Waals surface area contributed by atoms with Crippen LogP contribution in [-0.4, -0.2) is 37.0 Å². The Balaban J connectivity index is 1.44. The molecule has 0 atom stereocenters. The van der Waals surface area contributed by atoms with Gasteiger partial charge in [-0.1, -0.05) is 48.1 Å². The molecule has 0 radical (unpaired) electrons. The molecule has 0 bridgehead atoms. The van der Waals surface area contributed by atoms with Gasteiger partial charge in [0.15, 0.2) is 11.5 Å². The highest BCUT2D eigenvalue weighted by Gasteiger charge is 2.14. The van der Waals surface area contributed by atoms with Crippen molar-refractivity contribution in [2.75, 3.05) is 21.3 Å². The van der Waals surface area contributed by atoms with E-state index in [-0.39, 0.29) is 18.6 Å². The number of fused-ring (bicyclic) bond motifs is 1. The number of hydrogen-bond acceptors (Lipinski definition) is 7. The number of carbonyl (C=O) groups is 1. The summed E-state index contributed by atoms with van der Waals surface area (Å²) in [7, 11) is 4.75. The van der Waals surface area contributed by atoms with Crippen LogP contribution in [0.25, 0.3) is 10.9 Å². The molecule has 0 aliphatic carbocycles. The number of Topliss-reactive ketones (excluding diaryl/α,β-unsaturated/α-hetero) is 1. The second-order valence-corrected chi connectivity index (χ2v) is 9.30. The lowest BCUT2D eigenvalue weighted by atomic mass is 10.0. The Morgan fingerprint density at radius 2 is 1.57 bits per heavy atom. The predicted octanol–water partition coefficient (Wildman–Crippen LogP) is 6.82. The first-order valence-corrected chi connectivity index (χ1v) is 12.3. The van der Waals surface area contributed by atoms with Gasteiger partial charge in [0.1, 0.15) is 23.0 Å². The molecule has 0 saturated carbocycles. The Morgan fingerprint density at radius 1 is 0.838 bits per heavy atom. The van der Waals surface area contributed by atoms with E-state index in [1.54, 1.807) is 51.8 Å². The molecule has 0 saturated heterocycles. The van der Waals surface area contributed by atoms with Gasteiger partial charge in [-0.05, 0) is 35.9 Å². The van der Waals surface area contributed by atoms with Crippen molar-refractivity contribution in [3.8, 4) is 28.7 Å². The van der Waals surface area contributed by atoms with E-state index >= 15 is 0 Å². The van der Waals surface area contributed by atoms with Gasteiger partial charge in [-0.25, -0.2) is 0 Å². The highest BCUT2D eigenvalue weighted by Crippen LogP contribution is 2.38. The Bertz CT molecular complexity index is 1460. The van der Waals surface area contributed by atoms with Gasteiger partial charge in [0.2, 0.25) is 0 Å². The fraction of sp³-hybridized carbons (Fsp3) is 0.207. The Hall–Kier alpha value is -3.68. The van der Waals surface area contributed by atoms with Crippen molar-refractivity contribution in [2.45, 2.75) is 19.3 Å². The average Bonchev–Trinajstić information content (AvgIpc) is 2.89. The van der Waals surface area contributed by atoms with Crippen molar-refractivity contribution < 1.29 is 23.7 Å². The lowest BCUT2D eigenvalue weighted by Gasteiger charge is -2.13. The highest BCUT2D eigenvalue weighted by atomic mass is 35.5. The van der Waals surface area contributed by atoms with Crippen molar-refractivity contribution in [3.05, 3.63) is 83.0 Å². The van der Waals surface area contributed by atoms with E-state index in [0.717, 1.165) is 16.5 Å². The molecule has 4 aromatic rings. The third kappa shape index (κ3) is 6.37. The molecule has 37 heavy (non-hydrogen) atoms. The zero-order valence-electron chi connectivity index (χ0n) is 20.7. The molecule has 8 heteroatoms. The summed E-state index contributed by atoms with van der Waals surface area (Å²) in [5.41, 5.74) is 2.45. The van der Waals surface area contributed by atoms with Crippen LogP contribution in [0.5, 0.6) is 28.7 Å². The minimum atomic E-state index is 0.0391. The molecule has 1 heterocycles. The van der Waals surface area contributed by atoms with Crippen LogP contribution >= 0.6 is 23.8 Å². The second-order valence-electron chi connectivity index (χ2n) is 8.32. The smallest absolute Gasteiger partial charge is 0.162 e. The van der Waals surface area contributed by atoms with Gasteiger partial charge >= 0.3 is 0 Å². The first-order valence-electron chi connectivity index (χ1n) is 11.5. The van der Waals surface area contributed by atoms with E-state index in [2.05, 4.69) is 4.98 Å². The van der Waals surface area contributed by atoms with Gasteiger partial charge in [0, 0.05) is 47.3 Å². The fourth-order valence-corrected chi connectivity index (χ4v) is 4.60. The summed E-state index contributed by atoms with van der Waals surface area (Å²) in [6.07, 6.45) is 2.60. The van der Waals surface area contributed by atoms with Crippen molar-refractivity contribution >= 4 is 45.4 Å². The number of nitrogens with zero attached hydrogens (tertiary/aromatic N) is 1. The molecular formula is C29H26ClNO5S. The number of ether oxygens (including phenoxy) is 4. The van der Waals surface area contributed by atoms with Crippen molar-refractivity contribution in [2.24, 2.45) is 0 Å². The van der Waals surface area contributed by atoms with E-state index in [0.29, 0.717) is 50.6 Å². The first-order chi connectivity index (χ1) is 17.9. The molecule has 0 amide bonds. The van der Waals surface area contributed by atoms with E-state index in [4.69, 9.17) is 42.8 Å². The number of para-hydroxylation sites is 1. The normalized spacial score (nSPS) is 10.7. The lowest BCUT2D eigenvalue weighted by molar-refractivity contribution is -0.117. The van der Waals surface area contributed by atoms with Crippen molar-refractivity contribution in [3.63, 3.8) is 0 Å². The number of hydrogen-bond donors (Lipinski definition) is 0. The van der Waals surface area contributed by atoms with E-state index in [1.807, 2.05) is 36.4 Å². The zero-order valence-corrected chi connectivity index (χ0v) is 22.3. The van der Waals surface area contributed by atoms with E-state index in [1.165, 1.54) is 0 Å². The number of halogens is 1. The number of ketones is 1. The standard InChI is InChI=1S/C29H26ClNO5S/c1-33-25-7-5-4-6-19(25)14-20(32)15-21(37)12-18-8-9-27(23(30)13-18)36-26-10-11-31-24-17-29(35-3)28(34-2)16-22(24)26/h4-11,13,16-17H,12,14-15H2,1-3H3. The largest absolute Gasteiger partial charge is 0.496 e. The molecule has 0 fully saturated rings. The van der Waals surface area contributed by atoms with Crippen molar-refractivity contribution in [1.82, 2.24) is 4.98 Å². The number of rotatable bonds is 11. The quantitative estimate of drug-likeness (QED) is 0.195. The van der Waals surface area contributed by atoms with Crippen molar-refractivity contribution in [1.29, 1.82) is 0 Å². The third-order valence-electron chi connectivity index (χ3n) is 5.80. The topological polar surface area (TPSA) is 66.9 Å². The molecule has 190 valence electrons. The number of pyridine rings is 1. The van der Waals surface area contributed by atoms with Crippen LogP contribution in [-0.2, 0) is 17.6 Å². The lowest BCUT2D eigenvalue weighted by Crippen LogP contribution is -2.11. The summed E-state index contributed by atoms with van der Waals surface area (Å²) in [5.74, 6) is 2.97. The second kappa shape index (κ2) is 12.0. The molecule has 0 spiro atoms. The zero-order chi connectivity index (χ0) is 26.4. The summed E-state index contributed by atoms with van der Waals surface area (Å²) >= 11 is 12.1. The SMILES string of the molecule is COc1ccccc1CC(=O)CC(=S)Cc1ccc(Oc2ccnc3cc(OC)c(OC)cc23)c(Cl)c1. The van der Waals surface area contributed by atoms with Crippen LogP contribution < -0.4 is 18.9 Å². The molecule has 3 aromatic carbocycles. The summed E-state index contributed by atoms with van der Waals surface area (Å²) in [6.45, 7) is 0. The Labute approximate surface area is 226 Å². The maximum atomic E-state index is 12.6. The minimum Gasteiger partial charge on any atom is -0.496 e. The number of benzene rings is 3. The maximum Gasteiger partial charge on any atom is 0.162 e.